The standard InChI is InChI=1S/C12H12N2O2/c15-7-13-9-1-4-11-8(5-9)6-14(12(11)16)10-2-3-10/h1,4-5,7,10H,2-3,6H2,(H,13,15). The third-order valence-electron chi connectivity index (χ3n) is 3.15. The van der Waals surface area contributed by atoms with Gasteiger partial charge in [0.1, 0.15) is 0 Å². The second kappa shape index (κ2) is 3.33. The van der Waals surface area contributed by atoms with Crippen molar-refractivity contribution in [1.29, 1.82) is 0 Å². The van der Waals surface area contributed by atoms with Crippen molar-refractivity contribution in [1.82, 2.24) is 4.90 Å². The molecule has 4 nitrogen and oxygen atoms in total. The lowest BCUT2D eigenvalue weighted by Gasteiger charge is -2.13. The van der Waals surface area contributed by atoms with Crippen LogP contribution >= 0.6 is 0 Å². The molecule has 1 aromatic carbocycles. The summed E-state index contributed by atoms with van der Waals surface area (Å²) < 4.78 is 0. The third-order valence-corrected chi connectivity index (χ3v) is 3.15. The van der Waals surface area contributed by atoms with Crippen molar-refractivity contribution in [2.24, 2.45) is 0 Å². The van der Waals surface area contributed by atoms with Crippen LogP contribution in [0.25, 0.3) is 0 Å². The van der Waals surface area contributed by atoms with E-state index >= 15 is 0 Å². The maximum Gasteiger partial charge on any atom is 0.254 e. The van der Waals surface area contributed by atoms with Crippen LogP contribution in [0, 0.1) is 0 Å². The van der Waals surface area contributed by atoms with E-state index in [0.29, 0.717) is 19.0 Å². The molecule has 0 radical (unpaired) electrons. The van der Waals surface area contributed by atoms with Crippen LogP contribution in [0.2, 0.25) is 0 Å². The molecule has 0 unspecified atom stereocenters. The summed E-state index contributed by atoms with van der Waals surface area (Å²) in [6.07, 6.45) is 2.90. The number of amides is 2. The fourth-order valence-electron chi connectivity index (χ4n) is 2.18. The van der Waals surface area contributed by atoms with E-state index in [1.54, 1.807) is 12.1 Å². The zero-order valence-corrected chi connectivity index (χ0v) is 8.77. The molecule has 0 atom stereocenters. The van der Waals surface area contributed by atoms with Gasteiger partial charge >= 0.3 is 0 Å². The Hall–Kier alpha value is -1.84. The largest absolute Gasteiger partial charge is 0.331 e. The zero-order chi connectivity index (χ0) is 11.1. The molecule has 1 saturated carbocycles. The number of hydrogen-bond acceptors (Lipinski definition) is 2. The van der Waals surface area contributed by atoms with Crippen LogP contribution in [0.15, 0.2) is 18.2 Å². The van der Waals surface area contributed by atoms with Gasteiger partial charge in [0, 0.05) is 23.8 Å². The van der Waals surface area contributed by atoms with Crippen molar-refractivity contribution in [3.8, 4) is 0 Å². The molecule has 1 aliphatic heterocycles. The van der Waals surface area contributed by atoms with E-state index in [9.17, 15) is 9.59 Å². The molecule has 0 spiro atoms. The van der Waals surface area contributed by atoms with Crippen LogP contribution in [0.3, 0.4) is 0 Å². The summed E-state index contributed by atoms with van der Waals surface area (Å²) in [7, 11) is 0. The Kier molecular flexibility index (Phi) is 1.96. The number of hydrogen-bond donors (Lipinski definition) is 1. The van der Waals surface area contributed by atoms with E-state index in [1.165, 1.54) is 0 Å². The first-order valence-corrected chi connectivity index (χ1v) is 5.43. The van der Waals surface area contributed by atoms with Gasteiger partial charge in [0.15, 0.2) is 0 Å². The number of benzene rings is 1. The van der Waals surface area contributed by atoms with Gasteiger partial charge in [-0.3, -0.25) is 9.59 Å². The Bertz CT molecular complexity index is 466. The van der Waals surface area contributed by atoms with Crippen LogP contribution in [-0.4, -0.2) is 23.3 Å². The average Bonchev–Trinajstić information content (AvgIpc) is 3.06. The summed E-state index contributed by atoms with van der Waals surface area (Å²) in [5.74, 6) is 0.134. The predicted octanol–water partition coefficient (Wildman–Crippen LogP) is 1.37. The topological polar surface area (TPSA) is 49.4 Å². The Morgan fingerprint density at radius 1 is 1.38 bits per heavy atom. The molecular formula is C12H12N2O2. The molecule has 0 saturated heterocycles. The summed E-state index contributed by atoms with van der Waals surface area (Å²) in [4.78, 5) is 24.2. The summed E-state index contributed by atoms with van der Waals surface area (Å²) in [6, 6.07) is 5.89. The number of fused-ring (bicyclic) bond motifs is 1. The van der Waals surface area contributed by atoms with Gasteiger partial charge in [-0.1, -0.05) is 0 Å². The highest BCUT2D eigenvalue weighted by Gasteiger charge is 2.38. The van der Waals surface area contributed by atoms with Gasteiger partial charge in [0.2, 0.25) is 6.41 Å². The Morgan fingerprint density at radius 2 is 2.19 bits per heavy atom. The predicted molar refractivity (Wildman–Crippen MR) is 59.0 cm³/mol. The number of nitrogens with zero attached hydrogens (tertiary/aromatic N) is 1. The maximum atomic E-state index is 12.0. The molecule has 1 fully saturated rings. The highest BCUT2D eigenvalue weighted by Crippen LogP contribution is 2.35. The Morgan fingerprint density at radius 3 is 2.88 bits per heavy atom. The maximum absolute atomic E-state index is 12.0. The zero-order valence-electron chi connectivity index (χ0n) is 8.77. The Balaban J connectivity index is 1.92. The molecule has 2 amide bonds. The quantitative estimate of drug-likeness (QED) is 0.776. The highest BCUT2D eigenvalue weighted by atomic mass is 16.2. The molecule has 1 heterocycles. The van der Waals surface area contributed by atoms with Gasteiger partial charge in [0.05, 0.1) is 0 Å². The van der Waals surface area contributed by atoms with E-state index in [-0.39, 0.29) is 5.91 Å². The monoisotopic (exact) mass is 216 g/mol. The van der Waals surface area contributed by atoms with E-state index in [2.05, 4.69) is 5.32 Å². The van der Waals surface area contributed by atoms with Crippen molar-refractivity contribution in [3.05, 3.63) is 29.3 Å². The van der Waals surface area contributed by atoms with Crippen LogP contribution in [0.1, 0.15) is 28.8 Å². The van der Waals surface area contributed by atoms with Crippen molar-refractivity contribution >= 4 is 18.0 Å². The fraction of sp³-hybridized carbons (Fsp3) is 0.333. The van der Waals surface area contributed by atoms with E-state index in [0.717, 1.165) is 29.7 Å². The molecule has 1 N–H and O–H groups in total. The molecule has 0 bridgehead atoms. The van der Waals surface area contributed by atoms with Crippen LogP contribution in [0.5, 0.6) is 0 Å². The number of carbonyl (C=O) groups is 2. The summed E-state index contributed by atoms with van der Waals surface area (Å²) >= 11 is 0. The minimum absolute atomic E-state index is 0.134. The SMILES string of the molecule is O=CNc1ccc2c(c1)CN(C1CC1)C2=O. The van der Waals surface area contributed by atoms with E-state index < -0.39 is 0 Å². The van der Waals surface area contributed by atoms with Crippen molar-refractivity contribution < 1.29 is 9.59 Å². The first kappa shape index (κ1) is 9.39. The second-order valence-electron chi connectivity index (χ2n) is 4.30. The summed E-state index contributed by atoms with van der Waals surface area (Å²) in [5, 5.41) is 2.60. The van der Waals surface area contributed by atoms with Gasteiger partial charge < -0.3 is 10.2 Å². The minimum Gasteiger partial charge on any atom is -0.331 e. The summed E-state index contributed by atoms with van der Waals surface area (Å²) in [6.45, 7) is 0.688. The van der Waals surface area contributed by atoms with E-state index in [4.69, 9.17) is 0 Å². The minimum atomic E-state index is 0.134. The van der Waals surface area contributed by atoms with Gasteiger partial charge in [0.25, 0.3) is 5.91 Å². The molecule has 16 heavy (non-hydrogen) atoms. The number of anilines is 1. The van der Waals surface area contributed by atoms with Gasteiger partial charge in [-0.2, -0.15) is 0 Å². The van der Waals surface area contributed by atoms with Gasteiger partial charge in [-0.05, 0) is 36.6 Å². The molecule has 1 aromatic rings. The number of carbonyl (C=O) groups excluding carboxylic acids is 2. The second-order valence-corrected chi connectivity index (χ2v) is 4.30. The summed E-state index contributed by atoms with van der Waals surface area (Å²) in [5.41, 5.74) is 2.55. The fourth-order valence-corrected chi connectivity index (χ4v) is 2.18. The molecule has 3 rings (SSSR count). The lowest BCUT2D eigenvalue weighted by molar-refractivity contribution is -0.105. The number of nitrogens with one attached hydrogen (secondary N) is 1. The van der Waals surface area contributed by atoms with Crippen LogP contribution in [-0.2, 0) is 11.3 Å². The normalized spacial score (nSPS) is 18.5. The molecule has 82 valence electrons. The average molecular weight is 216 g/mol. The smallest absolute Gasteiger partial charge is 0.254 e. The van der Waals surface area contributed by atoms with Crippen LogP contribution in [0.4, 0.5) is 5.69 Å². The molecule has 2 aliphatic rings. The third kappa shape index (κ3) is 1.38. The molecular weight excluding hydrogens is 204 g/mol. The molecule has 4 heteroatoms. The van der Waals surface area contributed by atoms with E-state index in [1.807, 2.05) is 11.0 Å². The molecule has 1 aliphatic carbocycles. The molecule has 0 aromatic heterocycles. The lowest BCUT2D eigenvalue weighted by Crippen LogP contribution is -2.25. The van der Waals surface area contributed by atoms with Gasteiger partial charge in [-0.25, -0.2) is 0 Å². The van der Waals surface area contributed by atoms with Crippen molar-refractivity contribution in [2.45, 2.75) is 25.4 Å². The lowest BCUT2D eigenvalue weighted by atomic mass is 10.1. The highest BCUT2D eigenvalue weighted by molar-refractivity contribution is 5.99. The first-order valence-electron chi connectivity index (χ1n) is 5.43. The van der Waals surface area contributed by atoms with Crippen molar-refractivity contribution in [3.63, 3.8) is 0 Å². The first-order chi connectivity index (χ1) is 7.79. The van der Waals surface area contributed by atoms with Crippen molar-refractivity contribution in [2.75, 3.05) is 5.32 Å². The Labute approximate surface area is 93.2 Å². The number of rotatable bonds is 3. The van der Waals surface area contributed by atoms with Gasteiger partial charge in [-0.15, -0.1) is 0 Å². The van der Waals surface area contributed by atoms with Crippen LogP contribution < -0.4 is 5.32 Å².